The molecule has 0 amide bonds. The van der Waals surface area contributed by atoms with Crippen molar-refractivity contribution in [1.29, 1.82) is 0 Å². The van der Waals surface area contributed by atoms with Crippen molar-refractivity contribution >= 4 is 5.78 Å². The van der Waals surface area contributed by atoms with E-state index in [0.29, 0.717) is 13.2 Å². The van der Waals surface area contributed by atoms with Crippen molar-refractivity contribution in [3.63, 3.8) is 0 Å². The van der Waals surface area contributed by atoms with Gasteiger partial charge in [-0.15, -0.1) is 0 Å². The summed E-state index contributed by atoms with van der Waals surface area (Å²) < 4.78 is 10.4. The number of carbonyl (C=O) groups excluding carboxylic acids is 1. The zero-order chi connectivity index (χ0) is 8.32. The Bertz CT molecular complexity index is 168. The lowest BCUT2D eigenvalue weighted by Crippen LogP contribution is -2.28. The van der Waals surface area contributed by atoms with Crippen molar-refractivity contribution in [1.82, 2.24) is 0 Å². The van der Waals surface area contributed by atoms with Crippen LogP contribution in [0.15, 0.2) is 12.7 Å². The predicted octanol–water partition coefficient (Wildman–Crippen LogP) is 0.895. The summed E-state index contributed by atoms with van der Waals surface area (Å²) in [5.41, 5.74) is 0. The fourth-order valence-corrected chi connectivity index (χ4v) is 1.05. The fourth-order valence-electron chi connectivity index (χ4n) is 1.05. The van der Waals surface area contributed by atoms with Crippen LogP contribution in [0, 0.1) is 0 Å². The number of rotatable bonds is 3. The van der Waals surface area contributed by atoms with Crippen molar-refractivity contribution in [2.24, 2.45) is 0 Å². The summed E-state index contributed by atoms with van der Waals surface area (Å²) in [5.74, 6) is -0.750. The molecule has 1 aliphatic heterocycles. The summed E-state index contributed by atoms with van der Waals surface area (Å²) in [6.07, 6.45) is 1.55. The first-order chi connectivity index (χ1) is 5.16. The molecule has 1 aliphatic rings. The molecule has 62 valence electrons. The lowest BCUT2D eigenvalue weighted by Gasteiger charge is -2.19. The monoisotopic (exact) mass is 156 g/mol. The average molecular weight is 156 g/mol. The molecule has 1 fully saturated rings. The van der Waals surface area contributed by atoms with Crippen molar-refractivity contribution in [3.8, 4) is 0 Å². The zero-order valence-corrected chi connectivity index (χ0v) is 6.63. The lowest BCUT2D eigenvalue weighted by molar-refractivity contribution is -0.155. The molecule has 0 spiro atoms. The topological polar surface area (TPSA) is 35.5 Å². The molecular formula is C8H12O3. The van der Waals surface area contributed by atoms with Gasteiger partial charge in [0, 0.05) is 0 Å². The molecule has 0 atom stereocenters. The minimum atomic E-state index is -0.703. The number of carbonyl (C=O) groups is 1. The van der Waals surface area contributed by atoms with E-state index in [9.17, 15) is 4.79 Å². The molecule has 3 nitrogen and oxygen atoms in total. The quantitative estimate of drug-likeness (QED) is 0.569. The van der Waals surface area contributed by atoms with Crippen LogP contribution in [0.2, 0.25) is 0 Å². The molecule has 1 heterocycles. The summed E-state index contributed by atoms with van der Waals surface area (Å²) in [6, 6.07) is 0. The van der Waals surface area contributed by atoms with Gasteiger partial charge in [-0.1, -0.05) is 6.58 Å². The Balaban J connectivity index is 2.45. The molecule has 0 aromatic rings. The van der Waals surface area contributed by atoms with Crippen LogP contribution in [-0.2, 0) is 14.3 Å². The molecule has 0 unspecified atom stereocenters. The molecule has 1 rings (SSSR count). The highest BCUT2D eigenvalue weighted by molar-refractivity contribution is 5.89. The first-order valence-electron chi connectivity index (χ1n) is 3.59. The maximum absolute atomic E-state index is 10.9. The van der Waals surface area contributed by atoms with Gasteiger partial charge in [0.25, 0.3) is 0 Å². The Labute approximate surface area is 66.0 Å². The normalized spacial score (nSPS) is 21.5. The molecule has 0 aliphatic carbocycles. The van der Waals surface area contributed by atoms with E-state index in [2.05, 4.69) is 6.58 Å². The molecule has 0 bridgehead atoms. The minimum Gasteiger partial charge on any atom is -0.347 e. The summed E-state index contributed by atoms with van der Waals surface area (Å²) >= 11 is 0. The highest BCUT2D eigenvalue weighted by Crippen LogP contribution is 2.22. The van der Waals surface area contributed by atoms with Crippen molar-refractivity contribution < 1.29 is 14.3 Å². The first kappa shape index (κ1) is 8.43. The van der Waals surface area contributed by atoms with Gasteiger partial charge in [0.05, 0.1) is 19.6 Å². The third-order valence-electron chi connectivity index (χ3n) is 1.62. The molecule has 3 heteroatoms. The van der Waals surface area contributed by atoms with Gasteiger partial charge in [0.15, 0.2) is 11.6 Å². The zero-order valence-electron chi connectivity index (χ0n) is 6.63. The number of hydrogen-bond donors (Lipinski definition) is 0. The Morgan fingerprint density at radius 3 is 2.64 bits per heavy atom. The molecule has 0 radical (unpaired) electrons. The predicted molar refractivity (Wildman–Crippen MR) is 40.1 cm³/mol. The third kappa shape index (κ3) is 2.13. The van der Waals surface area contributed by atoms with Gasteiger partial charge >= 0.3 is 0 Å². The Kier molecular flexibility index (Phi) is 2.42. The van der Waals surface area contributed by atoms with Crippen LogP contribution in [0.3, 0.4) is 0 Å². The maximum Gasteiger partial charge on any atom is 0.172 e. The van der Waals surface area contributed by atoms with E-state index in [1.807, 2.05) is 0 Å². The van der Waals surface area contributed by atoms with Gasteiger partial charge in [0.1, 0.15) is 0 Å². The second kappa shape index (κ2) is 3.15. The molecule has 0 aromatic carbocycles. The smallest absolute Gasteiger partial charge is 0.172 e. The summed E-state index contributed by atoms with van der Waals surface area (Å²) in [5, 5.41) is 0. The summed E-state index contributed by atoms with van der Waals surface area (Å²) in [4.78, 5) is 10.9. The molecule has 0 aromatic heterocycles. The minimum absolute atomic E-state index is 0.0469. The highest BCUT2D eigenvalue weighted by Gasteiger charge is 2.32. The van der Waals surface area contributed by atoms with Crippen LogP contribution in [-0.4, -0.2) is 24.8 Å². The van der Waals surface area contributed by atoms with Crippen LogP contribution in [0.4, 0.5) is 0 Å². The van der Waals surface area contributed by atoms with E-state index in [1.54, 1.807) is 6.92 Å². The molecule has 0 N–H and O–H groups in total. The van der Waals surface area contributed by atoms with Gasteiger partial charge in [0.2, 0.25) is 0 Å². The van der Waals surface area contributed by atoms with Crippen LogP contribution in [0.5, 0.6) is 0 Å². The largest absolute Gasteiger partial charge is 0.347 e. The van der Waals surface area contributed by atoms with Crippen molar-refractivity contribution in [2.75, 3.05) is 13.2 Å². The summed E-state index contributed by atoms with van der Waals surface area (Å²) in [7, 11) is 0. The standard InChI is InChI=1S/C8H12O3/c1-3-7(9)6-8(2)10-4-5-11-8/h3H,1,4-6H2,2H3. The van der Waals surface area contributed by atoms with Crippen LogP contribution in [0.25, 0.3) is 0 Å². The average Bonchev–Trinajstić information content (AvgIpc) is 2.36. The molecular weight excluding hydrogens is 144 g/mol. The second-order valence-electron chi connectivity index (χ2n) is 2.68. The van der Waals surface area contributed by atoms with E-state index in [-0.39, 0.29) is 12.2 Å². The van der Waals surface area contributed by atoms with Crippen LogP contribution >= 0.6 is 0 Å². The Morgan fingerprint density at radius 2 is 2.18 bits per heavy atom. The van der Waals surface area contributed by atoms with E-state index in [4.69, 9.17) is 9.47 Å². The maximum atomic E-state index is 10.9. The van der Waals surface area contributed by atoms with Gasteiger partial charge in [-0.25, -0.2) is 0 Å². The van der Waals surface area contributed by atoms with Crippen molar-refractivity contribution in [2.45, 2.75) is 19.1 Å². The second-order valence-corrected chi connectivity index (χ2v) is 2.68. The first-order valence-corrected chi connectivity index (χ1v) is 3.59. The fraction of sp³-hybridized carbons (Fsp3) is 0.625. The van der Waals surface area contributed by atoms with Crippen LogP contribution < -0.4 is 0 Å². The molecule has 11 heavy (non-hydrogen) atoms. The highest BCUT2D eigenvalue weighted by atomic mass is 16.7. The molecule has 0 saturated carbocycles. The number of allylic oxidation sites excluding steroid dienone is 1. The van der Waals surface area contributed by atoms with E-state index >= 15 is 0 Å². The number of ether oxygens (including phenoxy) is 2. The van der Waals surface area contributed by atoms with Gasteiger partial charge in [-0.2, -0.15) is 0 Å². The number of hydrogen-bond acceptors (Lipinski definition) is 3. The Morgan fingerprint density at radius 1 is 1.64 bits per heavy atom. The Hall–Kier alpha value is -0.670. The van der Waals surface area contributed by atoms with Gasteiger partial charge < -0.3 is 9.47 Å². The lowest BCUT2D eigenvalue weighted by atomic mass is 10.1. The van der Waals surface area contributed by atoms with Gasteiger partial charge in [-0.05, 0) is 13.0 Å². The number of ketones is 1. The van der Waals surface area contributed by atoms with E-state index < -0.39 is 5.79 Å². The molecule has 1 saturated heterocycles. The van der Waals surface area contributed by atoms with E-state index in [0.717, 1.165) is 0 Å². The van der Waals surface area contributed by atoms with E-state index in [1.165, 1.54) is 6.08 Å². The summed E-state index contributed by atoms with van der Waals surface area (Å²) in [6.45, 7) is 6.28. The van der Waals surface area contributed by atoms with Gasteiger partial charge in [-0.3, -0.25) is 4.79 Å². The van der Waals surface area contributed by atoms with Crippen molar-refractivity contribution in [3.05, 3.63) is 12.7 Å². The van der Waals surface area contributed by atoms with Crippen LogP contribution in [0.1, 0.15) is 13.3 Å². The third-order valence-corrected chi connectivity index (χ3v) is 1.62. The SMILES string of the molecule is C=CC(=O)CC1(C)OCCO1.